The summed E-state index contributed by atoms with van der Waals surface area (Å²) < 4.78 is 15.5. The molecule has 7 nitrogen and oxygen atoms in total. The molecule has 1 amide bonds. The first-order valence-corrected chi connectivity index (χ1v) is 10.1. The summed E-state index contributed by atoms with van der Waals surface area (Å²) in [7, 11) is 0. The van der Waals surface area contributed by atoms with Gasteiger partial charge in [-0.25, -0.2) is 9.59 Å². The second kappa shape index (κ2) is 9.93. The van der Waals surface area contributed by atoms with Crippen LogP contribution in [0.4, 0.5) is 0 Å². The maximum Gasteiger partial charge on any atom is 0.344 e. The van der Waals surface area contributed by atoms with Gasteiger partial charge in [0.25, 0.3) is 5.91 Å². The zero-order chi connectivity index (χ0) is 22.4. The lowest BCUT2D eigenvalue weighted by Crippen LogP contribution is -2.31. The molecule has 1 atom stereocenters. The van der Waals surface area contributed by atoms with Gasteiger partial charge in [0.2, 0.25) is 0 Å². The van der Waals surface area contributed by atoms with Crippen LogP contribution in [0.3, 0.4) is 0 Å². The van der Waals surface area contributed by atoms with Crippen LogP contribution in [0.25, 0.3) is 11.0 Å². The fraction of sp³-hybridized carbons (Fsp3) is 0.292. The smallest absolute Gasteiger partial charge is 0.344 e. The number of carbonyl (C=O) groups is 2. The van der Waals surface area contributed by atoms with Crippen LogP contribution < -0.4 is 15.7 Å². The van der Waals surface area contributed by atoms with Gasteiger partial charge in [0.15, 0.2) is 13.2 Å². The van der Waals surface area contributed by atoms with E-state index in [1.54, 1.807) is 12.1 Å². The van der Waals surface area contributed by atoms with Gasteiger partial charge in [-0.2, -0.15) is 0 Å². The summed E-state index contributed by atoms with van der Waals surface area (Å²) in [5, 5.41) is 3.58. The summed E-state index contributed by atoms with van der Waals surface area (Å²) in [5.41, 5.74) is 2.90. The molecule has 3 rings (SSSR count). The molecule has 1 heterocycles. The van der Waals surface area contributed by atoms with E-state index in [0.29, 0.717) is 11.3 Å². The highest BCUT2D eigenvalue weighted by molar-refractivity contribution is 5.82. The molecule has 2 aromatic carbocycles. The first kappa shape index (κ1) is 22.1. The number of aryl methyl sites for hydroxylation is 2. The SMILES string of the molecule is CCc1ccc([C@H](C)NC(=O)COC(=O)COc2ccc3c(C)cc(=O)oc3c2)cc1. The minimum Gasteiger partial charge on any atom is -0.482 e. The van der Waals surface area contributed by atoms with Crippen molar-refractivity contribution in [2.75, 3.05) is 13.2 Å². The third kappa shape index (κ3) is 5.94. The van der Waals surface area contributed by atoms with Crippen molar-refractivity contribution in [3.8, 4) is 5.75 Å². The van der Waals surface area contributed by atoms with Gasteiger partial charge >= 0.3 is 11.6 Å². The van der Waals surface area contributed by atoms with Crippen molar-refractivity contribution in [1.82, 2.24) is 5.32 Å². The zero-order valence-electron chi connectivity index (χ0n) is 17.8. The summed E-state index contributed by atoms with van der Waals surface area (Å²) in [5.74, 6) is -0.726. The predicted molar refractivity (Wildman–Crippen MR) is 116 cm³/mol. The Labute approximate surface area is 180 Å². The lowest BCUT2D eigenvalue weighted by Gasteiger charge is -2.15. The monoisotopic (exact) mass is 423 g/mol. The average molecular weight is 423 g/mol. The van der Waals surface area contributed by atoms with Crippen LogP contribution in [0.5, 0.6) is 5.75 Å². The molecule has 162 valence electrons. The Kier molecular flexibility index (Phi) is 7.07. The molecular formula is C24H25NO6. The lowest BCUT2D eigenvalue weighted by atomic mass is 10.1. The van der Waals surface area contributed by atoms with Gasteiger partial charge in [-0.05, 0) is 49.1 Å². The molecule has 0 aliphatic heterocycles. The Morgan fingerprint density at radius 3 is 2.52 bits per heavy atom. The van der Waals surface area contributed by atoms with Crippen molar-refractivity contribution in [1.29, 1.82) is 0 Å². The van der Waals surface area contributed by atoms with Crippen LogP contribution in [0, 0.1) is 6.92 Å². The van der Waals surface area contributed by atoms with Crippen LogP contribution in [0.1, 0.15) is 36.6 Å². The van der Waals surface area contributed by atoms with Crippen LogP contribution >= 0.6 is 0 Å². The number of nitrogens with one attached hydrogen (secondary N) is 1. The summed E-state index contributed by atoms with van der Waals surface area (Å²) in [6.07, 6.45) is 0.951. The van der Waals surface area contributed by atoms with Gasteiger partial charge in [-0.15, -0.1) is 0 Å². The Morgan fingerprint density at radius 2 is 1.81 bits per heavy atom. The Bertz CT molecular complexity index is 1130. The van der Waals surface area contributed by atoms with Crippen molar-refractivity contribution in [3.05, 3.63) is 75.6 Å². The highest BCUT2D eigenvalue weighted by Gasteiger charge is 2.13. The third-order valence-corrected chi connectivity index (χ3v) is 4.91. The molecular weight excluding hydrogens is 398 g/mol. The van der Waals surface area contributed by atoms with E-state index in [4.69, 9.17) is 13.9 Å². The Morgan fingerprint density at radius 1 is 1.06 bits per heavy atom. The van der Waals surface area contributed by atoms with E-state index in [1.807, 2.05) is 38.1 Å². The molecule has 1 aromatic heterocycles. The number of rotatable bonds is 8. The van der Waals surface area contributed by atoms with Gasteiger partial charge in [0.1, 0.15) is 11.3 Å². The lowest BCUT2D eigenvalue weighted by molar-refractivity contribution is -0.150. The number of esters is 1. The fourth-order valence-electron chi connectivity index (χ4n) is 3.13. The first-order valence-electron chi connectivity index (χ1n) is 10.1. The van der Waals surface area contributed by atoms with Gasteiger partial charge in [-0.1, -0.05) is 31.2 Å². The maximum absolute atomic E-state index is 12.1. The number of ether oxygens (including phenoxy) is 2. The molecule has 0 saturated heterocycles. The normalized spacial score (nSPS) is 11.7. The molecule has 0 unspecified atom stereocenters. The molecule has 1 N–H and O–H groups in total. The number of fused-ring (bicyclic) bond motifs is 1. The maximum atomic E-state index is 12.1. The standard InChI is InChI=1S/C24H25NO6/c1-4-17-5-7-18(8-6-17)16(3)25-22(26)13-30-24(28)14-29-19-9-10-20-15(2)11-23(27)31-21(20)12-19/h5-12,16H,4,13-14H2,1-3H3,(H,25,26)/t16-/m0/s1. The molecule has 0 spiro atoms. The molecule has 0 bridgehead atoms. The minimum absolute atomic E-state index is 0.205. The van der Waals surface area contributed by atoms with Gasteiger partial charge < -0.3 is 19.2 Å². The van der Waals surface area contributed by atoms with Crippen LogP contribution in [-0.4, -0.2) is 25.1 Å². The van der Waals surface area contributed by atoms with Crippen LogP contribution in [0.2, 0.25) is 0 Å². The summed E-state index contributed by atoms with van der Waals surface area (Å²) in [6.45, 7) is 4.98. The molecule has 0 radical (unpaired) electrons. The van der Waals surface area contributed by atoms with Gasteiger partial charge in [0, 0.05) is 17.5 Å². The zero-order valence-corrected chi connectivity index (χ0v) is 17.8. The second-order valence-corrected chi connectivity index (χ2v) is 7.24. The topological polar surface area (TPSA) is 94.8 Å². The number of hydrogen-bond donors (Lipinski definition) is 1. The average Bonchev–Trinajstić information content (AvgIpc) is 2.75. The third-order valence-electron chi connectivity index (χ3n) is 4.91. The minimum atomic E-state index is -0.680. The van der Waals surface area contributed by atoms with Crippen molar-refractivity contribution in [2.24, 2.45) is 0 Å². The van der Waals surface area contributed by atoms with Crippen molar-refractivity contribution in [3.63, 3.8) is 0 Å². The van der Waals surface area contributed by atoms with E-state index >= 15 is 0 Å². The molecule has 0 saturated carbocycles. The summed E-state index contributed by atoms with van der Waals surface area (Å²) in [6, 6.07) is 14.1. The van der Waals surface area contributed by atoms with Gasteiger partial charge in [-0.3, -0.25) is 4.79 Å². The number of amides is 1. The van der Waals surface area contributed by atoms with E-state index < -0.39 is 24.1 Å². The second-order valence-electron chi connectivity index (χ2n) is 7.24. The van der Waals surface area contributed by atoms with Crippen molar-refractivity contribution < 1.29 is 23.5 Å². The highest BCUT2D eigenvalue weighted by atomic mass is 16.6. The number of benzene rings is 2. The van der Waals surface area contributed by atoms with Crippen LogP contribution in [0.15, 0.2) is 57.7 Å². The van der Waals surface area contributed by atoms with E-state index in [2.05, 4.69) is 12.2 Å². The van der Waals surface area contributed by atoms with Crippen molar-refractivity contribution in [2.45, 2.75) is 33.2 Å². The van der Waals surface area contributed by atoms with E-state index in [-0.39, 0.29) is 12.6 Å². The fourth-order valence-corrected chi connectivity index (χ4v) is 3.13. The largest absolute Gasteiger partial charge is 0.482 e. The first-order chi connectivity index (χ1) is 14.9. The quantitative estimate of drug-likeness (QED) is 0.440. The van der Waals surface area contributed by atoms with E-state index in [9.17, 15) is 14.4 Å². The molecule has 31 heavy (non-hydrogen) atoms. The Balaban J connectivity index is 1.46. The van der Waals surface area contributed by atoms with E-state index in [1.165, 1.54) is 17.7 Å². The summed E-state index contributed by atoms with van der Waals surface area (Å²) >= 11 is 0. The van der Waals surface area contributed by atoms with Gasteiger partial charge in [0.05, 0.1) is 6.04 Å². The van der Waals surface area contributed by atoms with Crippen molar-refractivity contribution >= 4 is 22.8 Å². The van der Waals surface area contributed by atoms with Crippen LogP contribution in [-0.2, 0) is 20.7 Å². The predicted octanol–water partition coefficient (Wildman–Crippen LogP) is 3.46. The van der Waals surface area contributed by atoms with E-state index in [0.717, 1.165) is 22.9 Å². The molecule has 0 fully saturated rings. The molecule has 0 aliphatic carbocycles. The number of hydrogen-bond acceptors (Lipinski definition) is 6. The Hall–Kier alpha value is -3.61. The molecule has 3 aromatic rings. The molecule has 0 aliphatic rings. The highest BCUT2D eigenvalue weighted by Crippen LogP contribution is 2.22. The number of carbonyl (C=O) groups excluding carboxylic acids is 2. The molecule has 7 heteroatoms. The summed E-state index contributed by atoms with van der Waals surface area (Å²) in [4.78, 5) is 35.5.